The van der Waals surface area contributed by atoms with Gasteiger partial charge in [0.1, 0.15) is 5.60 Å². The number of Topliss-reactive ketones (excluding diaryl/α,β-unsaturated/α-hetero) is 1. The molecular formula is C18H26ClNO2S. The van der Waals surface area contributed by atoms with Gasteiger partial charge in [-0.2, -0.15) is 0 Å². The predicted octanol–water partition coefficient (Wildman–Crippen LogP) is 3.95. The van der Waals surface area contributed by atoms with E-state index in [1.165, 1.54) is 11.3 Å². The summed E-state index contributed by atoms with van der Waals surface area (Å²) < 4.78 is 0. The molecule has 23 heavy (non-hydrogen) atoms. The Balaban J connectivity index is 0.00000264. The van der Waals surface area contributed by atoms with Gasteiger partial charge in [-0.15, -0.1) is 23.7 Å². The zero-order valence-electron chi connectivity index (χ0n) is 14.4. The highest BCUT2D eigenvalue weighted by Crippen LogP contribution is 2.39. The smallest absolute Gasteiger partial charge is 0.199 e. The summed E-state index contributed by atoms with van der Waals surface area (Å²) in [4.78, 5) is 15.5. The first kappa shape index (κ1) is 20.1. The fraction of sp³-hybridized carbons (Fsp3) is 0.500. The van der Waals surface area contributed by atoms with Crippen molar-refractivity contribution in [2.45, 2.75) is 32.8 Å². The molecule has 1 heterocycles. The van der Waals surface area contributed by atoms with Crippen LogP contribution in [0.25, 0.3) is 0 Å². The number of ketones is 1. The van der Waals surface area contributed by atoms with Crippen molar-refractivity contribution in [1.82, 2.24) is 4.90 Å². The summed E-state index contributed by atoms with van der Waals surface area (Å²) in [5, 5.41) is 13.0. The van der Waals surface area contributed by atoms with Crippen LogP contribution in [0.3, 0.4) is 0 Å². The molecule has 0 bridgehead atoms. The van der Waals surface area contributed by atoms with E-state index in [1.54, 1.807) is 6.08 Å². The van der Waals surface area contributed by atoms with Crippen LogP contribution in [0.5, 0.6) is 0 Å². The summed E-state index contributed by atoms with van der Waals surface area (Å²) in [5.41, 5.74) is 0.314. The number of nitrogens with zero attached hydrogens (tertiary/aromatic N) is 1. The Bertz CT molecular complexity index is 611. The van der Waals surface area contributed by atoms with Gasteiger partial charge in [-0.1, -0.05) is 32.4 Å². The molecule has 1 aromatic rings. The molecule has 1 aromatic heterocycles. The molecule has 1 aliphatic carbocycles. The molecule has 0 spiro atoms. The van der Waals surface area contributed by atoms with Crippen molar-refractivity contribution >= 4 is 29.5 Å². The fourth-order valence-electron chi connectivity index (χ4n) is 2.62. The Morgan fingerprint density at radius 1 is 1.35 bits per heavy atom. The molecule has 0 saturated heterocycles. The Morgan fingerprint density at radius 3 is 2.48 bits per heavy atom. The average Bonchev–Trinajstić information content (AvgIpc) is 2.88. The van der Waals surface area contributed by atoms with E-state index in [0.717, 1.165) is 17.0 Å². The third-order valence-electron chi connectivity index (χ3n) is 3.99. The molecular weight excluding hydrogens is 330 g/mol. The number of likely N-dealkylation sites (N-methyl/N-ethyl adjacent to an activating group) is 1. The summed E-state index contributed by atoms with van der Waals surface area (Å²) >= 11 is 1.45. The van der Waals surface area contributed by atoms with Gasteiger partial charge in [0, 0.05) is 12.1 Å². The number of halogens is 1. The van der Waals surface area contributed by atoms with Crippen molar-refractivity contribution in [3.05, 3.63) is 45.7 Å². The van der Waals surface area contributed by atoms with Crippen molar-refractivity contribution in [2.24, 2.45) is 5.41 Å². The number of hydrogen-bond acceptors (Lipinski definition) is 4. The van der Waals surface area contributed by atoms with Crippen molar-refractivity contribution in [3.8, 4) is 0 Å². The van der Waals surface area contributed by atoms with Crippen LogP contribution in [0.15, 0.2) is 40.8 Å². The minimum Gasteiger partial charge on any atom is -0.381 e. The lowest BCUT2D eigenvalue weighted by Gasteiger charge is -2.39. The van der Waals surface area contributed by atoms with Crippen molar-refractivity contribution in [1.29, 1.82) is 0 Å². The SMILES string of the molecule is CN(C)CC1=CC(O)(C(C)(C)C)C=C(C(=O)c2cccs2)C1.Cl. The summed E-state index contributed by atoms with van der Waals surface area (Å²) in [6, 6.07) is 3.72. The summed E-state index contributed by atoms with van der Waals surface area (Å²) in [7, 11) is 3.99. The van der Waals surface area contributed by atoms with Gasteiger partial charge in [0.15, 0.2) is 5.78 Å². The van der Waals surface area contributed by atoms with Gasteiger partial charge in [0.25, 0.3) is 0 Å². The lowest BCUT2D eigenvalue weighted by molar-refractivity contribution is 0.0272. The first-order valence-electron chi connectivity index (χ1n) is 7.50. The van der Waals surface area contributed by atoms with Gasteiger partial charge >= 0.3 is 0 Å². The van der Waals surface area contributed by atoms with E-state index in [1.807, 2.05) is 58.5 Å². The van der Waals surface area contributed by atoms with E-state index >= 15 is 0 Å². The van der Waals surface area contributed by atoms with Crippen LogP contribution < -0.4 is 0 Å². The number of carbonyl (C=O) groups is 1. The van der Waals surface area contributed by atoms with Gasteiger partial charge in [-0.25, -0.2) is 0 Å². The third-order valence-corrected chi connectivity index (χ3v) is 4.86. The quantitative estimate of drug-likeness (QED) is 0.656. The molecule has 0 radical (unpaired) electrons. The minimum absolute atomic E-state index is 0. The molecule has 0 amide bonds. The molecule has 1 atom stereocenters. The zero-order chi connectivity index (χ0) is 16.5. The molecule has 1 unspecified atom stereocenters. The maximum Gasteiger partial charge on any atom is 0.199 e. The summed E-state index contributed by atoms with van der Waals surface area (Å²) in [6.45, 7) is 6.72. The molecule has 0 fully saturated rings. The number of thiophene rings is 1. The predicted molar refractivity (Wildman–Crippen MR) is 99.6 cm³/mol. The fourth-order valence-corrected chi connectivity index (χ4v) is 3.32. The second-order valence-electron chi connectivity index (χ2n) is 7.27. The van der Waals surface area contributed by atoms with Gasteiger partial charge in [-0.3, -0.25) is 4.79 Å². The lowest BCUT2D eigenvalue weighted by atomic mass is 9.71. The molecule has 5 heteroatoms. The van der Waals surface area contributed by atoms with Gasteiger partial charge in [-0.05, 0) is 49.5 Å². The molecule has 2 rings (SSSR count). The standard InChI is InChI=1S/C18H25NO2S.ClH/c1-17(2,3)18(21)10-13(12-19(4)5)9-14(11-18)16(20)15-7-6-8-22-15;/h6-8,10-11,21H,9,12H2,1-5H3;1H. The first-order valence-corrected chi connectivity index (χ1v) is 8.38. The second-order valence-corrected chi connectivity index (χ2v) is 8.22. The van der Waals surface area contributed by atoms with E-state index in [4.69, 9.17) is 0 Å². The van der Waals surface area contributed by atoms with Crippen LogP contribution in [-0.4, -0.2) is 42.0 Å². The van der Waals surface area contributed by atoms with Crippen LogP contribution in [0, 0.1) is 5.41 Å². The number of allylic oxidation sites excluding steroid dienone is 1. The van der Waals surface area contributed by atoms with Crippen molar-refractivity contribution in [2.75, 3.05) is 20.6 Å². The molecule has 0 aromatic carbocycles. The molecule has 3 nitrogen and oxygen atoms in total. The Labute approximate surface area is 149 Å². The largest absolute Gasteiger partial charge is 0.381 e. The van der Waals surface area contributed by atoms with Crippen LogP contribution in [0.1, 0.15) is 36.9 Å². The van der Waals surface area contributed by atoms with E-state index in [0.29, 0.717) is 12.0 Å². The maximum absolute atomic E-state index is 12.7. The Kier molecular flexibility index (Phi) is 6.39. The number of hydrogen-bond donors (Lipinski definition) is 1. The average molecular weight is 356 g/mol. The molecule has 1 N–H and O–H groups in total. The summed E-state index contributed by atoms with van der Waals surface area (Å²) in [5.74, 6) is 0.0297. The van der Waals surface area contributed by atoms with E-state index in [-0.39, 0.29) is 23.6 Å². The first-order chi connectivity index (χ1) is 10.1. The van der Waals surface area contributed by atoms with Crippen LogP contribution in [0.2, 0.25) is 0 Å². The highest BCUT2D eigenvalue weighted by atomic mass is 35.5. The third kappa shape index (κ3) is 4.54. The zero-order valence-corrected chi connectivity index (χ0v) is 16.1. The summed E-state index contributed by atoms with van der Waals surface area (Å²) in [6.07, 6.45) is 4.29. The molecule has 1 aliphatic rings. The second kappa shape index (κ2) is 7.31. The molecule has 0 aliphatic heterocycles. The van der Waals surface area contributed by atoms with Gasteiger partial charge in [0.05, 0.1) is 4.88 Å². The van der Waals surface area contributed by atoms with E-state index in [9.17, 15) is 9.90 Å². The number of aliphatic hydroxyl groups is 1. The van der Waals surface area contributed by atoms with Crippen LogP contribution in [-0.2, 0) is 0 Å². The molecule has 128 valence electrons. The Morgan fingerprint density at radius 2 is 2.00 bits per heavy atom. The number of carbonyl (C=O) groups excluding carboxylic acids is 1. The normalized spacial score (nSPS) is 21.5. The Hall–Kier alpha value is -0.940. The molecule has 0 saturated carbocycles. The highest BCUT2D eigenvalue weighted by molar-refractivity contribution is 7.12. The highest BCUT2D eigenvalue weighted by Gasteiger charge is 2.40. The lowest BCUT2D eigenvalue weighted by Crippen LogP contribution is -2.42. The topological polar surface area (TPSA) is 40.5 Å². The van der Waals surface area contributed by atoms with Crippen LogP contribution in [0.4, 0.5) is 0 Å². The maximum atomic E-state index is 12.7. The van der Waals surface area contributed by atoms with Gasteiger partial charge in [0.2, 0.25) is 0 Å². The minimum atomic E-state index is -1.10. The van der Waals surface area contributed by atoms with Crippen LogP contribution >= 0.6 is 23.7 Å². The van der Waals surface area contributed by atoms with Crippen molar-refractivity contribution in [3.63, 3.8) is 0 Å². The van der Waals surface area contributed by atoms with E-state index < -0.39 is 5.60 Å². The van der Waals surface area contributed by atoms with Crippen molar-refractivity contribution < 1.29 is 9.90 Å². The van der Waals surface area contributed by atoms with Gasteiger partial charge < -0.3 is 10.0 Å². The monoisotopic (exact) mass is 355 g/mol. The van der Waals surface area contributed by atoms with E-state index in [2.05, 4.69) is 4.90 Å². The number of rotatable bonds is 4.